The predicted molar refractivity (Wildman–Crippen MR) is 40.5 cm³/mol. The summed E-state index contributed by atoms with van der Waals surface area (Å²) in [6, 6.07) is 0.892. The standard InChI is InChI=1S/C8H17N/c1-7(2)4-5-9-6-8(9)3/h7-8H,4-6H2,1-3H3. The van der Waals surface area contributed by atoms with Crippen molar-refractivity contribution in [1.29, 1.82) is 0 Å². The average Bonchev–Trinajstić information content (AvgIpc) is 2.42. The highest BCUT2D eigenvalue weighted by atomic mass is 15.3. The van der Waals surface area contributed by atoms with Gasteiger partial charge in [0.2, 0.25) is 0 Å². The van der Waals surface area contributed by atoms with E-state index in [1.807, 2.05) is 0 Å². The van der Waals surface area contributed by atoms with Gasteiger partial charge in [-0.05, 0) is 25.8 Å². The highest BCUT2D eigenvalue weighted by Gasteiger charge is 2.27. The normalized spacial score (nSPS) is 33.3. The van der Waals surface area contributed by atoms with E-state index in [-0.39, 0.29) is 0 Å². The first-order chi connectivity index (χ1) is 4.20. The van der Waals surface area contributed by atoms with E-state index in [1.54, 1.807) is 0 Å². The molecule has 1 heterocycles. The second-order valence-electron chi connectivity index (χ2n) is 3.53. The molecule has 1 heteroatoms. The van der Waals surface area contributed by atoms with Crippen molar-refractivity contribution in [3.05, 3.63) is 0 Å². The second kappa shape index (κ2) is 2.70. The maximum Gasteiger partial charge on any atom is 0.0195 e. The molecule has 0 aliphatic carbocycles. The molecule has 54 valence electrons. The Bertz CT molecular complexity index is 88.6. The molecule has 2 unspecified atom stereocenters. The van der Waals surface area contributed by atoms with Crippen LogP contribution in [0.4, 0.5) is 0 Å². The monoisotopic (exact) mass is 127 g/mol. The van der Waals surface area contributed by atoms with Gasteiger partial charge >= 0.3 is 0 Å². The lowest BCUT2D eigenvalue weighted by Gasteiger charge is -2.03. The molecule has 0 aromatic heterocycles. The molecule has 0 saturated carbocycles. The van der Waals surface area contributed by atoms with Gasteiger partial charge in [-0.2, -0.15) is 0 Å². The molecule has 0 amide bonds. The van der Waals surface area contributed by atoms with Gasteiger partial charge in [-0.1, -0.05) is 13.8 Å². The van der Waals surface area contributed by atoms with Gasteiger partial charge in [0.25, 0.3) is 0 Å². The summed E-state index contributed by atoms with van der Waals surface area (Å²) in [4.78, 5) is 2.51. The fourth-order valence-electron chi connectivity index (χ4n) is 1.03. The lowest BCUT2D eigenvalue weighted by Crippen LogP contribution is -2.04. The minimum Gasteiger partial charge on any atom is -0.298 e. The topological polar surface area (TPSA) is 3.01 Å². The minimum absolute atomic E-state index is 0.873. The first-order valence-electron chi connectivity index (χ1n) is 3.94. The van der Waals surface area contributed by atoms with Gasteiger partial charge in [0, 0.05) is 12.6 Å². The van der Waals surface area contributed by atoms with Crippen molar-refractivity contribution < 1.29 is 0 Å². The van der Waals surface area contributed by atoms with E-state index in [0.29, 0.717) is 0 Å². The first kappa shape index (κ1) is 7.07. The molecule has 1 fully saturated rings. The maximum absolute atomic E-state index is 2.51. The number of nitrogens with zero attached hydrogens (tertiary/aromatic N) is 1. The van der Waals surface area contributed by atoms with Crippen LogP contribution in [0.25, 0.3) is 0 Å². The van der Waals surface area contributed by atoms with E-state index in [4.69, 9.17) is 0 Å². The summed E-state index contributed by atoms with van der Waals surface area (Å²) in [6.07, 6.45) is 1.37. The summed E-state index contributed by atoms with van der Waals surface area (Å²) in [5, 5.41) is 0. The molecular formula is C8H17N. The highest BCUT2D eigenvalue weighted by molar-refractivity contribution is 4.84. The van der Waals surface area contributed by atoms with E-state index >= 15 is 0 Å². The second-order valence-corrected chi connectivity index (χ2v) is 3.53. The quantitative estimate of drug-likeness (QED) is 0.522. The molecule has 0 bridgehead atoms. The van der Waals surface area contributed by atoms with E-state index in [9.17, 15) is 0 Å². The van der Waals surface area contributed by atoms with Crippen molar-refractivity contribution >= 4 is 0 Å². The van der Waals surface area contributed by atoms with Crippen LogP contribution in [0.1, 0.15) is 27.2 Å². The van der Waals surface area contributed by atoms with E-state index < -0.39 is 0 Å². The first-order valence-corrected chi connectivity index (χ1v) is 3.94. The van der Waals surface area contributed by atoms with Crippen molar-refractivity contribution in [2.24, 2.45) is 5.92 Å². The van der Waals surface area contributed by atoms with Crippen molar-refractivity contribution in [3.8, 4) is 0 Å². The van der Waals surface area contributed by atoms with E-state index in [2.05, 4.69) is 25.7 Å². The zero-order valence-corrected chi connectivity index (χ0v) is 6.72. The number of hydrogen-bond acceptors (Lipinski definition) is 1. The molecule has 1 rings (SSSR count). The largest absolute Gasteiger partial charge is 0.298 e. The zero-order valence-electron chi connectivity index (χ0n) is 6.72. The SMILES string of the molecule is CC(C)CCN1CC1C. The fraction of sp³-hybridized carbons (Fsp3) is 1.00. The predicted octanol–water partition coefficient (Wildman–Crippen LogP) is 1.74. The Kier molecular flexibility index (Phi) is 2.12. The van der Waals surface area contributed by atoms with Crippen LogP contribution in [0, 0.1) is 5.92 Å². The third-order valence-corrected chi connectivity index (χ3v) is 1.98. The van der Waals surface area contributed by atoms with Gasteiger partial charge in [0.1, 0.15) is 0 Å². The molecule has 0 spiro atoms. The minimum atomic E-state index is 0.873. The molecule has 0 aromatic rings. The molecule has 1 aliphatic heterocycles. The lowest BCUT2D eigenvalue weighted by molar-refractivity contribution is 0.446. The van der Waals surface area contributed by atoms with Gasteiger partial charge in [0.15, 0.2) is 0 Å². The van der Waals surface area contributed by atoms with Crippen molar-refractivity contribution in [2.75, 3.05) is 13.1 Å². The number of hydrogen-bond donors (Lipinski definition) is 0. The number of rotatable bonds is 3. The average molecular weight is 127 g/mol. The Labute approximate surface area is 58.0 Å². The van der Waals surface area contributed by atoms with Crippen LogP contribution in [0.2, 0.25) is 0 Å². The zero-order chi connectivity index (χ0) is 6.85. The van der Waals surface area contributed by atoms with Crippen LogP contribution in [-0.2, 0) is 0 Å². The summed E-state index contributed by atoms with van der Waals surface area (Å²) >= 11 is 0. The molecule has 0 N–H and O–H groups in total. The summed E-state index contributed by atoms with van der Waals surface area (Å²) < 4.78 is 0. The van der Waals surface area contributed by atoms with Crippen molar-refractivity contribution in [2.45, 2.75) is 33.2 Å². The van der Waals surface area contributed by atoms with Gasteiger partial charge in [0.05, 0.1) is 0 Å². The highest BCUT2D eigenvalue weighted by Crippen LogP contribution is 2.17. The lowest BCUT2D eigenvalue weighted by atomic mass is 10.1. The van der Waals surface area contributed by atoms with Gasteiger partial charge in [-0.15, -0.1) is 0 Å². The Balaban J connectivity index is 1.94. The van der Waals surface area contributed by atoms with Gasteiger partial charge in [-0.3, -0.25) is 4.90 Å². The molecule has 1 nitrogen and oxygen atoms in total. The summed E-state index contributed by atoms with van der Waals surface area (Å²) in [6.45, 7) is 9.52. The van der Waals surface area contributed by atoms with E-state index in [0.717, 1.165) is 12.0 Å². The van der Waals surface area contributed by atoms with Crippen LogP contribution in [0.5, 0.6) is 0 Å². The molecular weight excluding hydrogens is 110 g/mol. The Hall–Kier alpha value is -0.0400. The Morgan fingerprint density at radius 3 is 2.44 bits per heavy atom. The van der Waals surface area contributed by atoms with Crippen molar-refractivity contribution in [1.82, 2.24) is 4.90 Å². The van der Waals surface area contributed by atoms with Gasteiger partial charge in [-0.25, -0.2) is 0 Å². The smallest absolute Gasteiger partial charge is 0.0195 e. The van der Waals surface area contributed by atoms with Crippen molar-refractivity contribution in [3.63, 3.8) is 0 Å². The molecule has 1 saturated heterocycles. The summed E-state index contributed by atoms with van der Waals surface area (Å²) in [7, 11) is 0. The molecule has 9 heavy (non-hydrogen) atoms. The third kappa shape index (κ3) is 2.35. The molecule has 0 radical (unpaired) electrons. The van der Waals surface area contributed by atoms with Crippen LogP contribution >= 0.6 is 0 Å². The Morgan fingerprint density at radius 1 is 1.56 bits per heavy atom. The van der Waals surface area contributed by atoms with Crippen LogP contribution in [0.15, 0.2) is 0 Å². The maximum atomic E-state index is 2.51. The molecule has 2 atom stereocenters. The Morgan fingerprint density at radius 2 is 2.11 bits per heavy atom. The summed E-state index contributed by atoms with van der Waals surface area (Å²) in [5.74, 6) is 0.873. The van der Waals surface area contributed by atoms with E-state index in [1.165, 1.54) is 19.5 Å². The van der Waals surface area contributed by atoms with Crippen LogP contribution in [-0.4, -0.2) is 24.0 Å². The van der Waals surface area contributed by atoms with Crippen LogP contribution in [0.3, 0.4) is 0 Å². The fourth-order valence-corrected chi connectivity index (χ4v) is 1.03. The van der Waals surface area contributed by atoms with Gasteiger partial charge < -0.3 is 0 Å². The van der Waals surface area contributed by atoms with Crippen LogP contribution < -0.4 is 0 Å². The molecule has 1 aliphatic rings. The molecule has 0 aromatic carbocycles. The summed E-state index contributed by atoms with van der Waals surface area (Å²) in [5.41, 5.74) is 0. The third-order valence-electron chi connectivity index (χ3n) is 1.98.